The normalized spacial score (nSPS) is 19.0. The molecule has 1 saturated carbocycles. The van der Waals surface area contributed by atoms with E-state index in [1.54, 1.807) is 6.07 Å². The number of anilines is 2. The maximum absolute atomic E-state index is 13.7. The minimum Gasteiger partial charge on any atom is -0.323 e. The van der Waals surface area contributed by atoms with E-state index in [1.165, 1.54) is 12.1 Å². The zero-order valence-corrected chi connectivity index (χ0v) is 18.2. The Morgan fingerprint density at radius 3 is 2.55 bits per heavy atom. The van der Waals surface area contributed by atoms with Gasteiger partial charge in [-0.05, 0) is 30.5 Å². The van der Waals surface area contributed by atoms with E-state index in [0.29, 0.717) is 17.6 Å². The highest BCUT2D eigenvalue weighted by atomic mass is 19.4. The van der Waals surface area contributed by atoms with E-state index in [2.05, 4.69) is 32.4 Å². The molecule has 5 nitrogen and oxygen atoms in total. The molecule has 0 spiro atoms. The number of rotatable bonds is 4. The monoisotopic (exact) mass is 451 g/mol. The number of benzene rings is 2. The molecule has 2 N–H and O–H groups in total. The van der Waals surface area contributed by atoms with Gasteiger partial charge in [-0.1, -0.05) is 56.5 Å². The number of halogens is 3. The summed E-state index contributed by atoms with van der Waals surface area (Å²) in [4.78, 5) is 9.17. The van der Waals surface area contributed by atoms with E-state index in [0.717, 1.165) is 48.3 Å². The number of aromatic nitrogens is 4. The van der Waals surface area contributed by atoms with Gasteiger partial charge in [-0.15, -0.1) is 0 Å². The Labute approximate surface area is 189 Å². The van der Waals surface area contributed by atoms with Crippen LogP contribution in [0.5, 0.6) is 0 Å². The van der Waals surface area contributed by atoms with Crippen molar-refractivity contribution in [1.29, 1.82) is 0 Å². The van der Waals surface area contributed by atoms with E-state index in [-0.39, 0.29) is 17.3 Å². The number of H-pyrrole nitrogens is 1. The summed E-state index contributed by atoms with van der Waals surface area (Å²) < 4.78 is 41.2. The molecule has 2 aromatic carbocycles. The number of nitrogens with zero attached hydrogens (tertiary/aromatic N) is 3. The van der Waals surface area contributed by atoms with Gasteiger partial charge in [-0.3, -0.25) is 5.10 Å². The van der Waals surface area contributed by atoms with Gasteiger partial charge in [-0.25, -0.2) is 9.97 Å². The van der Waals surface area contributed by atoms with Crippen LogP contribution in [0.15, 0.2) is 54.6 Å². The third-order valence-electron chi connectivity index (χ3n) is 6.43. The van der Waals surface area contributed by atoms with Crippen molar-refractivity contribution in [3.63, 3.8) is 0 Å². The number of alkyl halides is 3. The van der Waals surface area contributed by atoms with Crippen molar-refractivity contribution in [2.24, 2.45) is 5.92 Å². The first kappa shape index (κ1) is 21.4. The second-order valence-corrected chi connectivity index (χ2v) is 8.66. The van der Waals surface area contributed by atoms with Crippen LogP contribution < -0.4 is 5.32 Å². The molecule has 1 fully saturated rings. The molecule has 0 amide bonds. The molecule has 8 heteroatoms. The van der Waals surface area contributed by atoms with Crippen LogP contribution in [0.25, 0.3) is 22.3 Å². The first-order valence-corrected chi connectivity index (χ1v) is 11.2. The fraction of sp³-hybridized carbons (Fsp3) is 0.320. The van der Waals surface area contributed by atoms with Crippen LogP contribution in [0.1, 0.15) is 49.8 Å². The van der Waals surface area contributed by atoms with Crippen molar-refractivity contribution in [3.05, 3.63) is 65.9 Å². The van der Waals surface area contributed by atoms with Gasteiger partial charge in [0.2, 0.25) is 0 Å². The maximum atomic E-state index is 13.7. The summed E-state index contributed by atoms with van der Waals surface area (Å²) in [7, 11) is 0. The number of hydrogen-bond donors (Lipinski definition) is 2. The maximum Gasteiger partial charge on any atom is 0.417 e. The number of aromatic amines is 1. The Hall–Kier alpha value is -3.42. The van der Waals surface area contributed by atoms with Crippen LogP contribution in [0.4, 0.5) is 24.8 Å². The van der Waals surface area contributed by atoms with Gasteiger partial charge in [-0.2, -0.15) is 18.3 Å². The summed E-state index contributed by atoms with van der Waals surface area (Å²) in [5, 5.41) is 11.4. The van der Waals surface area contributed by atoms with Gasteiger partial charge in [0.05, 0.1) is 11.1 Å². The topological polar surface area (TPSA) is 66.5 Å². The van der Waals surface area contributed by atoms with Gasteiger partial charge >= 0.3 is 6.18 Å². The standard InChI is InChI=1S/C25H24F3N5/c1-15-8-2-3-9-16(15)21-14-22(31-24-18-11-5-7-13-20(18)32-33-24)30-23(29-21)17-10-4-6-12-19(17)25(26,27)28/h4-7,10-16H,2-3,8-9H2,1H3,(H2,29,30,31,32,33). The second-order valence-electron chi connectivity index (χ2n) is 8.66. The molecule has 0 radical (unpaired) electrons. The highest BCUT2D eigenvalue weighted by molar-refractivity contribution is 5.91. The lowest BCUT2D eigenvalue weighted by Crippen LogP contribution is -2.17. The van der Waals surface area contributed by atoms with Crippen molar-refractivity contribution < 1.29 is 13.2 Å². The van der Waals surface area contributed by atoms with Gasteiger partial charge in [0, 0.05) is 28.6 Å². The van der Waals surface area contributed by atoms with Crippen molar-refractivity contribution in [2.75, 3.05) is 5.32 Å². The fourth-order valence-electron chi connectivity index (χ4n) is 4.70. The van der Waals surface area contributed by atoms with E-state index in [9.17, 15) is 13.2 Å². The number of fused-ring (bicyclic) bond motifs is 1. The Balaban J connectivity index is 1.63. The largest absolute Gasteiger partial charge is 0.417 e. The van der Waals surface area contributed by atoms with Crippen molar-refractivity contribution in [2.45, 2.75) is 44.7 Å². The first-order valence-electron chi connectivity index (χ1n) is 11.2. The zero-order chi connectivity index (χ0) is 23.0. The van der Waals surface area contributed by atoms with E-state index in [1.807, 2.05) is 30.3 Å². The second kappa shape index (κ2) is 8.50. The Morgan fingerprint density at radius 1 is 0.970 bits per heavy atom. The smallest absolute Gasteiger partial charge is 0.323 e. The average Bonchev–Trinajstić information content (AvgIpc) is 3.21. The Bertz CT molecular complexity index is 1280. The minimum atomic E-state index is -4.50. The Morgan fingerprint density at radius 2 is 1.73 bits per heavy atom. The number of nitrogens with one attached hydrogen (secondary N) is 2. The van der Waals surface area contributed by atoms with Crippen molar-refractivity contribution in [3.8, 4) is 11.4 Å². The third-order valence-corrected chi connectivity index (χ3v) is 6.43. The van der Waals surface area contributed by atoms with E-state index < -0.39 is 11.7 Å². The summed E-state index contributed by atoms with van der Waals surface area (Å²) >= 11 is 0. The lowest BCUT2D eigenvalue weighted by Gasteiger charge is -2.28. The Kier molecular flexibility index (Phi) is 5.52. The molecule has 170 valence electrons. The summed E-state index contributed by atoms with van der Waals surface area (Å²) in [6.45, 7) is 2.18. The number of para-hydroxylation sites is 1. The van der Waals surface area contributed by atoms with Crippen LogP contribution >= 0.6 is 0 Å². The zero-order valence-electron chi connectivity index (χ0n) is 18.2. The molecule has 5 rings (SSSR count). The van der Waals surface area contributed by atoms with E-state index in [4.69, 9.17) is 0 Å². The summed E-state index contributed by atoms with van der Waals surface area (Å²) in [5.41, 5.74) is 0.865. The third kappa shape index (κ3) is 4.29. The summed E-state index contributed by atoms with van der Waals surface area (Å²) in [6, 6.07) is 15.0. The molecule has 0 saturated heterocycles. The molecule has 33 heavy (non-hydrogen) atoms. The quantitative estimate of drug-likeness (QED) is 0.348. The first-order chi connectivity index (χ1) is 15.9. The van der Waals surface area contributed by atoms with Crippen LogP contribution in [0.3, 0.4) is 0 Å². The van der Waals surface area contributed by atoms with Crippen LogP contribution in [0.2, 0.25) is 0 Å². The van der Waals surface area contributed by atoms with Gasteiger partial charge < -0.3 is 5.32 Å². The molecule has 0 bridgehead atoms. The molecule has 1 aliphatic carbocycles. The molecular weight excluding hydrogens is 427 g/mol. The van der Waals surface area contributed by atoms with Crippen molar-refractivity contribution in [1.82, 2.24) is 20.2 Å². The van der Waals surface area contributed by atoms with Crippen LogP contribution in [0, 0.1) is 5.92 Å². The lowest BCUT2D eigenvalue weighted by molar-refractivity contribution is -0.137. The predicted octanol–water partition coefficient (Wildman–Crippen LogP) is 7.08. The molecule has 0 aliphatic heterocycles. The molecule has 2 unspecified atom stereocenters. The van der Waals surface area contributed by atoms with E-state index >= 15 is 0 Å². The highest BCUT2D eigenvalue weighted by Gasteiger charge is 2.34. The number of hydrogen-bond acceptors (Lipinski definition) is 4. The molecule has 2 atom stereocenters. The predicted molar refractivity (Wildman–Crippen MR) is 122 cm³/mol. The minimum absolute atomic E-state index is 0.0229. The van der Waals surface area contributed by atoms with Gasteiger partial charge in [0.25, 0.3) is 0 Å². The average molecular weight is 451 g/mol. The van der Waals surface area contributed by atoms with Crippen LogP contribution in [-0.2, 0) is 6.18 Å². The molecule has 2 aromatic heterocycles. The highest BCUT2D eigenvalue weighted by Crippen LogP contribution is 2.40. The van der Waals surface area contributed by atoms with Crippen LogP contribution in [-0.4, -0.2) is 20.2 Å². The lowest BCUT2D eigenvalue weighted by atomic mass is 9.78. The molecule has 1 aliphatic rings. The van der Waals surface area contributed by atoms with Crippen molar-refractivity contribution >= 4 is 22.5 Å². The summed E-state index contributed by atoms with van der Waals surface area (Å²) in [5.74, 6) is 1.65. The van der Waals surface area contributed by atoms with Gasteiger partial charge in [0.15, 0.2) is 11.6 Å². The van der Waals surface area contributed by atoms with Gasteiger partial charge in [0.1, 0.15) is 5.82 Å². The summed E-state index contributed by atoms with van der Waals surface area (Å²) in [6.07, 6.45) is -0.212. The molecule has 4 aromatic rings. The molecular formula is C25H24F3N5. The fourth-order valence-corrected chi connectivity index (χ4v) is 4.70. The molecule has 2 heterocycles. The SMILES string of the molecule is CC1CCCCC1c1cc(Nc2n[nH]c3ccccc23)nc(-c2ccccc2C(F)(F)F)n1.